The summed E-state index contributed by atoms with van der Waals surface area (Å²) >= 11 is 0. The zero-order chi connectivity index (χ0) is 14.4. The lowest BCUT2D eigenvalue weighted by Crippen LogP contribution is -2.15. The standard InChI is InChI=1S/C16H15NO3/c17-16(19)20-11-10-12-6-4-5-9-14(12)15(18)13-7-2-1-3-8-13/h1-9H,10-11H2,(H2,17,19). The number of ketones is 1. The van der Waals surface area contributed by atoms with Crippen molar-refractivity contribution in [3.8, 4) is 0 Å². The quantitative estimate of drug-likeness (QED) is 0.848. The van der Waals surface area contributed by atoms with Crippen LogP contribution < -0.4 is 5.73 Å². The summed E-state index contributed by atoms with van der Waals surface area (Å²) in [5, 5.41) is 0. The number of primary amides is 1. The highest BCUT2D eigenvalue weighted by Crippen LogP contribution is 2.15. The zero-order valence-corrected chi connectivity index (χ0v) is 10.9. The maximum absolute atomic E-state index is 12.4. The van der Waals surface area contributed by atoms with Gasteiger partial charge in [0.25, 0.3) is 0 Å². The van der Waals surface area contributed by atoms with E-state index in [1.165, 1.54) is 0 Å². The van der Waals surface area contributed by atoms with E-state index in [-0.39, 0.29) is 12.4 Å². The molecule has 4 heteroatoms. The van der Waals surface area contributed by atoms with Crippen LogP contribution in [0.15, 0.2) is 54.6 Å². The fourth-order valence-electron chi connectivity index (χ4n) is 1.97. The van der Waals surface area contributed by atoms with Gasteiger partial charge in [-0.1, -0.05) is 54.6 Å². The molecule has 0 fully saturated rings. The fourth-order valence-corrected chi connectivity index (χ4v) is 1.97. The van der Waals surface area contributed by atoms with Gasteiger partial charge in [0.2, 0.25) is 0 Å². The van der Waals surface area contributed by atoms with E-state index in [1.807, 2.05) is 36.4 Å². The normalized spacial score (nSPS) is 10.0. The molecule has 0 heterocycles. The molecule has 0 saturated heterocycles. The van der Waals surface area contributed by atoms with Crippen LogP contribution in [0.4, 0.5) is 4.79 Å². The van der Waals surface area contributed by atoms with Crippen molar-refractivity contribution in [1.29, 1.82) is 0 Å². The summed E-state index contributed by atoms with van der Waals surface area (Å²) in [6.45, 7) is 0.161. The number of benzene rings is 2. The lowest BCUT2D eigenvalue weighted by molar-refractivity contribution is 0.103. The Morgan fingerprint density at radius 2 is 1.60 bits per heavy atom. The molecule has 0 bridgehead atoms. The molecule has 0 spiro atoms. The number of ether oxygens (including phenoxy) is 1. The lowest BCUT2D eigenvalue weighted by atomic mass is 9.97. The highest BCUT2D eigenvalue weighted by Gasteiger charge is 2.12. The van der Waals surface area contributed by atoms with Crippen molar-refractivity contribution in [2.24, 2.45) is 5.73 Å². The first kappa shape index (κ1) is 13.8. The second-order valence-electron chi connectivity index (χ2n) is 4.27. The Morgan fingerprint density at radius 1 is 0.950 bits per heavy atom. The summed E-state index contributed by atoms with van der Waals surface area (Å²) in [4.78, 5) is 23.0. The molecule has 0 aliphatic heterocycles. The van der Waals surface area contributed by atoms with E-state index in [0.717, 1.165) is 5.56 Å². The first-order valence-corrected chi connectivity index (χ1v) is 6.28. The molecule has 0 aromatic heterocycles. The van der Waals surface area contributed by atoms with Crippen LogP contribution in [0.2, 0.25) is 0 Å². The Kier molecular flexibility index (Phi) is 4.50. The van der Waals surface area contributed by atoms with E-state index in [4.69, 9.17) is 10.5 Å². The third-order valence-corrected chi connectivity index (χ3v) is 2.91. The van der Waals surface area contributed by atoms with Crippen LogP contribution in [0.5, 0.6) is 0 Å². The van der Waals surface area contributed by atoms with Gasteiger partial charge in [-0.3, -0.25) is 4.79 Å². The van der Waals surface area contributed by atoms with Gasteiger partial charge in [-0.2, -0.15) is 0 Å². The molecule has 2 rings (SSSR count). The van der Waals surface area contributed by atoms with Crippen LogP contribution in [0, 0.1) is 0 Å². The molecule has 0 radical (unpaired) electrons. The minimum atomic E-state index is -0.808. The number of amides is 1. The predicted molar refractivity (Wildman–Crippen MR) is 75.6 cm³/mol. The topological polar surface area (TPSA) is 69.4 Å². The molecule has 0 saturated carbocycles. The van der Waals surface area contributed by atoms with Gasteiger partial charge in [0.1, 0.15) is 0 Å². The summed E-state index contributed by atoms with van der Waals surface area (Å²) in [7, 11) is 0. The molecule has 1 amide bonds. The van der Waals surface area contributed by atoms with Crippen LogP contribution in [-0.2, 0) is 11.2 Å². The Balaban J connectivity index is 2.19. The summed E-state index contributed by atoms with van der Waals surface area (Å²) in [6, 6.07) is 16.4. The molecular formula is C16H15NO3. The predicted octanol–water partition coefficient (Wildman–Crippen LogP) is 2.56. The van der Waals surface area contributed by atoms with Crippen LogP contribution in [0.1, 0.15) is 21.5 Å². The number of hydrogen-bond acceptors (Lipinski definition) is 3. The zero-order valence-electron chi connectivity index (χ0n) is 10.9. The van der Waals surface area contributed by atoms with Crippen molar-refractivity contribution in [3.63, 3.8) is 0 Å². The molecule has 0 unspecified atom stereocenters. The highest BCUT2D eigenvalue weighted by atomic mass is 16.5. The molecule has 0 aliphatic rings. The van der Waals surface area contributed by atoms with Gasteiger partial charge >= 0.3 is 6.09 Å². The van der Waals surface area contributed by atoms with Crippen molar-refractivity contribution < 1.29 is 14.3 Å². The third-order valence-electron chi connectivity index (χ3n) is 2.91. The van der Waals surface area contributed by atoms with E-state index < -0.39 is 6.09 Å². The lowest BCUT2D eigenvalue weighted by Gasteiger charge is -2.08. The summed E-state index contributed by atoms with van der Waals surface area (Å²) in [5.41, 5.74) is 7.01. The van der Waals surface area contributed by atoms with E-state index in [9.17, 15) is 9.59 Å². The SMILES string of the molecule is NC(=O)OCCc1ccccc1C(=O)c1ccccc1. The van der Waals surface area contributed by atoms with E-state index in [0.29, 0.717) is 17.5 Å². The van der Waals surface area contributed by atoms with E-state index in [2.05, 4.69) is 0 Å². The molecule has 0 atom stereocenters. The van der Waals surface area contributed by atoms with Gasteiger partial charge in [-0.15, -0.1) is 0 Å². The van der Waals surface area contributed by atoms with Crippen molar-refractivity contribution in [3.05, 3.63) is 71.3 Å². The Hall–Kier alpha value is -2.62. The van der Waals surface area contributed by atoms with Gasteiger partial charge in [-0.05, 0) is 5.56 Å². The highest BCUT2D eigenvalue weighted by molar-refractivity contribution is 6.09. The first-order valence-electron chi connectivity index (χ1n) is 6.28. The van der Waals surface area contributed by atoms with Crippen molar-refractivity contribution >= 4 is 11.9 Å². The number of rotatable bonds is 5. The first-order chi connectivity index (χ1) is 9.68. The van der Waals surface area contributed by atoms with Crippen molar-refractivity contribution in [2.75, 3.05) is 6.61 Å². The number of carbonyl (C=O) groups is 2. The number of carbonyl (C=O) groups excluding carboxylic acids is 2. The molecule has 2 aromatic rings. The molecule has 0 aliphatic carbocycles. The smallest absolute Gasteiger partial charge is 0.404 e. The minimum Gasteiger partial charge on any atom is -0.449 e. The summed E-state index contributed by atoms with van der Waals surface area (Å²) in [5.74, 6) is -0.0414. The van der Waals surface area contributed by atoms with Crippen molar-refractivity contribution in [2.45, 2.75) is 6.42 Å². The average molecular weight is 269 g/mol. The molecule has 2 aromatic carbocycles. The minimum absolute atomic E-state index is 0.0414. The Labute approximate surface area is 117 Å². The van der Waals surface area contributed by atoms with Gasteiger partial charge in [0.15, 0.2) is 5.78 Å². The number of hydrogen-bond donors (Lipinski definition) is 1. The second kappa shape index (κ2) is 6.52. The van der Waals surface area contributed by atoms with Crippen molar-refractivity contribution in [1.82, 2.24) is 0 Å². The summed E-state index contributed by atoms with van der Waals surface area (Å²) < 4.78 is 4.71. The third kappa shape index (κ3) is 3.45. The molecular weight excluding hydrogens is 254 g/mol. The van der Waals surface area contributed by atoms with Crippen LogP contribution in [0.3, 0.4) is 0 Å². The van der Waals surface area contributed by atoms with E-state index >= 15 is 0 Å². The maximum atomic E-state index is 12.4. The van der Waals surface area contributed by atoms with Crippen LogP contribution in [0.25, 0.3) is 0 Å². The molecule has 102 valence electrons. The molecule has 4 nitrogen and oxygen atoms in total. The maximum Gasteiger partial charge on any atom is 0.404 e. The fraction of sp³-hybridized carbons (Fsp3) is 0.125. The monoisotopic (exact) mass is 269 g/mol. The average Bonchev–Trinajstić information content (AvgIpc) is 2.47. The van der Waals surface area contributed by atoms with Gasteiger partial charge in [-0.25, -0.2) is 4.79 Å². The Bertz CT molecular complexity index is 608. The van der Waals surface area contributed by atoms with Gasteiger partial charge in [0.05, 0.1) is 6.61 Å². The van der Waals surface area contributed by atoms with Gasteiger partial charge in [0, 0.05) is 17.5 Å². The second-order valence-corrected chi connectivity index (χ2v) is 4.27. The molecule has 2 N–H and O–H groups in total. The largest absolute Gasteiger partial charge is 0.449 e. The van der Waals surface area contributed by atoms with E-state index in [1.54, 1.807) is 18.2 Å². The summed E-state index contributed by atoms with van der Waals surface area (Å²) in [6.07, 6.45) is -0.352. The Morgan fingerprint density at radius 3 is 2.30 bits per heavy atom. The van der Waals surface area contributed by atoms with Crippen LogP contribution >= 0.6 is 0 Å². The van der Waals surface area contributed by atoms with Crippen LogP contribution in [-0.4, -0.2) is 18.5 Å². The number of nitrogens with two attached hydrogens (primary N) is 1. The molecule has 20 heavy (non-hydrogen) atoms. The van der Waals surface area contributed by atoms with Gasteiger partial charge < -0.3 is 10.5 Å².